The molecule has 1 aromatic rings. The number of nitrogens with one attached hydrogen (secondary N) is 2. The number of carbonyl (C=O) groups excluding carboxylic acids is 1. The summed E-state index contributed by atoms with van der Waals surface area (Å²) in [6.07, 6.45) is -3.43. The van der Waals surface area contributed by atoms with Crippen LogP contribution in [0.5, 0.6) is 0 Å². The molecule has 12 heteroatoms. The normalized spacial score (nSPS) is 17.8. The molecule has 1 fully saturated rings. The van der Waals surface area contributed by atoms with Crippen LogP contribution in [0, 0.1) is 0 Å². The number of piperidine rings is 1. The molecule has 1 aliphatic rings. The molecule has 0 saturated carbocycles. The maximum Gasteiger partial charge on any atom is 0.405 e. The van der Waals surface area contributed by atoms with Gasteiger partial charge >= 0.3 is 6.18 Å². The fraction of sp³-hybridized carbons (Fsp3) is 0.692. The van der Waals surface area contributed by atoms with Gasteiger partial charge in [-0.05, 0) is 18.9 Å². The number of aromatic amines is 1. The van der Waals surface area contributed by atoms with Gasteiger partial charge in [-0.15, -0.1) is 0 Å². The van der Waals surface area contributed by atoms with Crippen molar-refractivity contribution in [2.45, 2.75) is 24.9 Å². The van der Waals surface area contributed by atoms with Gasteiger partial charge in [0.15, 0.2) is 0 Å². The zero-order chi connectivity index (χ0) is 18.8. The first-order valence-electron chi connectivity index (χ1n) is 7.58. The Morgan fingerprint density at radius 2 is 2.00 bits per heavy atom. The number of amides is 1. The standard InChI is InChI=1S/C13H20F3N5O3S/c1-20(2)25(23,24)21-5-3-9(4-6-21)10-7-11(19-18-10)12(22)17-8-13(14,15)16/h7,9H,3-6,8H2,1-2H3,(H,17,22)(H,18,19). The number of alkyl halides is 3. The highest BCUT2D eigenvalue weighted by Crippen LogP contribution is 2.28. The molecule has 0 atom stereocenters. The Kier molecular flexibility index (Phi) is 5.74. The third-order valence-corrected chi connectivity index (χ3v) is 5.90. The number of hydrogen-bond donors (Lipinski definition) is 2. The van der Waals surface area contributed by atoms with Crippen LogP contribution in [-0.4, -0.2) is 73.0 Å². The zero-order valence-corrected chi connectivity index (χ0v) is 14.6. The van der Waals surface area contributed by atoms with Crippen molar-refractivity contribution < 1.29 is 26.4 Å². The Labute approximate surface area is 143 Å². The Morgan fingerprint density at radius 1 is 1.40 bits per heavy atom. The molecule has 2 rings (SSSR count). The van der Waals surface area contributed by atoms with E-state index in [9.17, 15) is 26.4 Å². The highest BCUT2D eigenvalue weighted by atomic mass is 32.2. The third-order valence-electron chi connectivity index (χ3n) is 3.96. The largest absolute Gasteiger partial charge is 0.405 e. The molecule has 1 aromatic heterocycles. The molecule has 0 aromatic carbocycles. The van der Waals surface area contributed by atoms with Crippen molar-refractivity contribution in [3.05, 3.63) is 17.5 Å². The molecule has 1 saturated heterocycles. The fourth-order valence-electron chi connectivity index (χ4n) is 2.56. The molecule has 0 unspecified atom stereocenters. The summed E-state index contributed by atoms with van der Waals surface area (Å²) in [5, 5.41) is 8.16. The fourth-order valence-corrected chi connectivity index (χ4v) is 3.70. The van der Waals surface area contributed by atoms with Crippen molar-refractivity contribution in [1.82, 2.24) is 24.1 Å². The summed E-state index contributed by atoms with van der Waals surface area (Å²) in [5.41, 5.74) is 0.488. The van der Waals surface area contributed by atoms with E-state index < -0.39 is 28.8 Å². The predicted molar refractivity (Wildman–Crippen MR) is 83.1 cm³/mol. The van der Waals surface area contributed by atoms with E-state index in [4.69, 9.17) is 0 Å². The van der Waals surface area contributed by atoms with Gasteiger partial charge in [0.1, 0.15) is 12.2 Å². The lowest BCUT2D eigenvalue weighted by Gasteiger charge is -2.32. The van der Waals surface area contributed by atoms with Crippen molar-refractivity contribution >= 4 is 16.1 Å². The van der Waals surface area contributed by atoms with Crippen LogP contribution in [-0.2, 0) is 10.2 Å². The van der Waals surface area contributed by atoms with Crippen LogP contribution >= 0.6 is 0 Å². The van der Waals surface area contributed by atoms with Crippen molar-refractivity contribution in [2.75, 3.05) is 33.7 Å². The molecule has 0 bridgehead atoms. The van der Waals surface area contributed by atoms with Gasteiger partial charge in [-0.1, -0.05) is 0 Å². The lowest BCUT2D eigenvalue weighted by molar-refractivity contribution is -0.123. The molecular formula is C13H20F3N5O3S. The van der Waals surface area contributed by atoms with E-state index in [1.807, 2.05) is 0 Å². The number of nitrogens with zero attached hydrogens (tertiary/aromatic N) is 3. The summed E-state index contributed by atoms with van der Waals surface area (Å²) < 4.78 is 63.0. The van der Waals surface area contributed by atoms with Crippen molar-refractivity contribution in [1.29, 1.82) is 0 Å². The molecule has 8 nitrogen and oxygen atoms in total. The number of hydrogen-bond acceptors (Lipinski definition) is 4. The Bertz CT molecular complexity index is 709. The van der Waals surface area contributed by atoms with E-state index in [1.54, 1.807) is 5.32 Å². The summed E-state index contributed by atoms with van der Waals surface area (Å²) in [4.78, 5) is 11.7. The van der Waals surface area contributed by atoms with Crippen LogP contribution in [0.25, 0.3) is 0 Å². The van der Waals surface area contributed by atoms with Crippen LogP contribution in [0.1, 0.15) is 34.9 Å². The first kappa shape index (κ1) is 19.7. The molecule has 0 aliphatic carbocycles. The van der Waals surface area contributed by atoms with Crippen molar-refractivity contribution in [2.24, 2.45) is 0 Å². The molecule has 2 heterocycles. The molecule has 25 heavy (non-hydrogen) atoms. The van der Waals surface area contributed by atoms with Gasteiger partial charge in [0.05, 0.1) is 0 Å². The number of rotatable bonds is 5. The summed E-state index contributed by atoms with van der Waals surface area (Å²) in [7, 11) is -0.544. The van der Waals surface area contributed by atoms with E-state index in [-0.39, 0.29) is 11.6 Å². The maximum atomic E-state index is 12.1. The topological polar surface area (TPSA) is 98.4 Å². The van der Waals surface area contributed by atoms with Gasteiger partial charge in [-0.3, -0.25) is 9.89 Å². The highest BCUT2D eigenvalue weighted by Gasteiger charge is 2.31. The molecule has 1 amide bonds. The van der Waals surface area contributed by atoms with Crippen LogP contribution in [0.3, 0.4) is 0 Å². The smallest absolute Gasteiger partial charge is 0.342 e. The second kappa shape index (κ2) is 7.30. The van der Waals surface area contributed by atoms with Crippen LogP contribution in [0.2, 0.25) is 0 Å². The second-order valence-corrected chi connectivity index (χ2v) is 8.11. The number of aromatic nitrogens is 2. The molecular weight excluding hydrogens is 363 g/mol. The van der Waals surface area contributed by atoms with Crippen molar-refractivity contribution in [3.8, 4) is 0 Å². The van der Waals surface area contributed by atoms with E-state index in [1.165, 1.54) is 24.5 Å². The van der Waals surface area contributed by atoms with Gasteiger partial charge in [0.25, 0.3) is 16.1 Å². The molecule has 2 N–H and O–H groups in total. The summed E-state index contributed by atoms with van der Waals surface area (Å²) >= 11 is 0. The summed E-state index contributed by atoms with van der Waals surface area (Å²) in [6, 6.07) is 1.41. The predicted octanol–water partition coefficient (Wildman–Crippen LogP) is 0.688. The van der Waals surface area contributed by atoms with Gasteiger partial charge < -0.3 is 5.32 Å². The number of carbonyl (C=O) groups is 1. The minimum Gasteiger partial charge on any atom is -0.342 e. The number of halogens is 3. The average Bonchev–Trinajstić information content (AvgIpc) is 3.02. The monoisotopic (exact) mass is 383 g/mol. The molecule has 142 valence electrons. The molecule has 1 aliphatic heterocycles. The van der Waals surface area contributed by atoms with Crippen molar-refractivity contribution in [3.63, 3.8) is 0 Å². The van der Waals surface area contributed by atoms with Crippen LogP contribution in [0.15, 0.2) is 6.07 Å². The van der Waals surface area contributed by atoms with Gasteiger partial charge in [0.2, 0.25) is 0 Å². The lowest BCUT2D eigenvalue weighted by Crippen LogP contribution is -2.44. The Hall–Kier alpha value is -1.66. The molecule has 0 spiro atoms. The van der Waals surface area contributed by atoms with Crippen LogP contribution in [0.4, 0.5) is 13.2 Å². The Balaban J connectivity index is 1.95. The first-order valence-corrected chi connectivity index (χ1v) is 8.98. The Morgan fingerprint density at radius 3 is 2.52 bits per heavy atom. The second-order valence-electron chi connectivity index (χ2n) is 5.97. The van der Waals surface area contributed by atoms with E-state index in [0.717, 1.165) is 4.31 Å². The van der Waals surface area contributed by atoms with Gasteiger partial charge in [0, 0.05) is 38.8 Å². The summed E-state index contributed by atoms with van der Waals surface area (Å²) in [6.45, 7) is -0.783. The van der Waals surface area contributed by atoms with E-state index >= 15 is 0 Å². The SMILES string of the molecule is CN(C)S(=O)(=O)N1CCC(c2cc(C(=O)NCC(F)(F)F)n[nH]2)CC1. The maximum absolute atomic E-state index is 12.1. The van der Waals surface area contributed by atoms with E-state index in [2.05, 4.69) is 10.2 Å². The molecule has 0 radical (unpaired) electrons. The van der Waals surface area contributed by atoms with E-state index in [0.29, 0.717) is 31.6 Å². The first-order chi connectivity index (χ1) is 11.5. The highest BCUT2D eigenvalue weighted by molar-refractivity contribution is 7.86. The third kappa shape index (κ3) is 4.92. The zero-order valence-electron chi connectivity index (χ0n) is 13.8. The minimum absolute atomic E-state index is 0.0368. The van der Waals surface area contributed by atoms with Gasteiger partial charge in [-0.25, -0.2) is 0 Å². The number of H-pyrrole nitrogens is 1. The minimum atomic E-state index is -4.49. The lowest BCUT2D eigenvalue weighted by atomic mass is 9.94. The average molecular weight is 383 g/mol. The quantitative estimate of drug-likeness (QED) is 0.782. The van der Waals surface area contributed by atoms with Crippen LogP contribution < -0.4 is 5.32 Å². The van der Waals surface area contributed by atoms with Gasteiger partial charge in [-0.2, -0.15) is 35.3 Å². The summed E-state index contributed by atoms with van der Waals surface area (Å²) in [5.74, 6) is -0.947.